The van der Waals surface area contributed by atoms with Gasteiger partial charge in [0, 0.05) is 25.6 Å². The topological polar surface area (TPSA) is 61.4 Å². The second-order valence-corrected chi connectivity index (χ2v) is 5.67. The second-order valence-electron chi connectivity index (χ2n) is 5.67. The zero-order valence-electron chi connectivity index (χ0n) is 12.1. The fourth-order valence-electron chi connectivity index (χ4n) is 2.68. The quantitative estimate of drug-likeness (QED) is 0.770. The van der Waals surface area contributed by atoms with Crippen LogP contribution < -0.4 is 10.6 Å². The van der Waals surface area contributed by atoms with Gasteiger partial charge in [0.1, 0.15) is 0 Å². The number of amides is 2. The zero-order valence-corrected chi connectivity index (χ0v) is 12.1. The van der Waals surface area contributed by atoms with Gasteiger partial charge in [-0.25, -0.2) is 4.79 Å². The minimum Gasteiger partial charge on any atom is -0.396 e. The molecule has 1 aliphatic rings. The normalized spacial score (nSPS) is 19.0. The fraction of sp³-hybridized carbons (Fsp3) is 0.562. The Hall–Kier alpha value is -1.55. The minimum atomic E-state index is -0.145. The highest BCUT2D eigenvalue weighted by molar-refractivity contribution is 5.73. The van der Waals surface area contributed by atoms with Crippen LogP contribution in [-0.4, -0.2) is 30.8 Å². The number of urea groups is 1. The van der Waals surface area contributed by atoms with Gasteiger partial charge in [-0.2, -0.15) is 0 Å². The Labute approximate surface area is 120 Å². The highest BCUT2D eigenvalue weighted by atomic mass is 16.3. The standard InChI is InChI=1S/C16H24N2O2/c1-12(11-19)9-17-16(20)18-10-14-7-4-6-13-5-2-3-8-15(13)14/h2-3,5,8,12,14,19H,4,6-7,9-11H2,1H3,(H2,17,18,20). The van der Waals surface area contributed by atoms with E-state index < -0.39 is 0 Å². The van der Waals surface area contributed by atoms with E-state index >= 15 is 0 Å². The van der Waals surface area contributed by atoms with E-state index in [1.807, 2.05) is 6.92 Å². The summed E-state index contributed by atoms with van der Waals surface area (Å²) in [5.74, 6) is 0.511. The minimum absolute atomic E-state index is 0.0935. The van der Waals surface area contributed by atoms with Crippen LogP contribution in [0, 0.1) is 5.92 Å². The van der Waals surface area contributed by atoms with E-state index in [4.69, 9.17) is 5.11 Å². The van der Waals surface area contributed by atoms with Crippen LogP contribution in [0.2, 0.25) is 0 Å². The maximum Gasteiger partial charge on any atom is 0.314 e. The molecule has 0 saturated carbocycles. The van der Waals surface area contributed by atoms with Crippen LogP contribution in [0.25, 0.3) is 0 Å². The molecule has 4 nitrogen and oxygen atoms in total. The molecule has 2 unspecified atom stereocenters. The molecule has 20 heavy (non-hydrogen) atoms. The Kier molecular flexibility index (Phi) is 5.41. The van der Waals surface area contributed by atoms with Crippen LogP contribution in [0.15, 0.2) is 24.3 Å². The van der Waals surface area contributed by atoms with Gasteiger partial charge in [-0.05, 0) is 36.3 Å². The molecule has 0 heterocycles. The number of aryl methyl sites for hydroxylation is 1. The van der Waals surface area contributed by atoms with Crippen molar-refractivity contribution in [2.24, 2.45) is 5.92 Å². The SMILES string of the molecule is CC(CO)CNC(=O)NCC1CCCc2ccccc21. The number of fused-ring (bicyclic) bond motifs is 1. The Bertz CT molecular complexity index is 448. The number of rotatable bonds is 5. The average molecular weight is 276 g/mol. The Balaban J connectivity index is 1.81. The summed E-state index contributed by atoms with van der Waals surface area (Å²) < 4.78 is 0. The van der Waals surface area contributed by atoms with E-state index in [0.29, 0.717) is 19.0 Å². The first-order chi connectivity index (χ1) is 9.70. The molecule has 2 atom stereocenters. The maximum absolute atomic E-state index is 11.7. The molecular formula is C16H24N2O2. The van der Waals surface area contributed by atoms with Gasteiger partial charge in [0.25, 0.3) is 0 Å². The number of carbonyl (C=O) groups is 1. The first-order valence-corrected chi connectivity index (χ1v) is 7.41. The van der Waals surface area contributed by atoms with E-state index in [1.54, 1.807) is 0 Å². The van der Waals surface area contributed by atoms with E-state index in [1.165, 1.54) is 17.5 Å². The molecule has 2 rings (SSSR count). The van der Waals surface area contributed by atoms with E-state index in [-0.39, 0.29) is 18.6 Å². The highest BCUT2D eigenvalue weighted by Gasteiger charge is 2.20. The number of aliphatic hydroxyl groups is 1. The number of benzene rings is 1. The van der Waals surface area contributed by atoms with E-state index in [9.17, 15) is 4.79 Å². The molecule has 3 N–H and O–H groups in total. The molecule has 0 aromatic heterocycles. The van der Waals surface area contributed by atoms with Crippen molar-refractivity contribution in [3.8, 4) is 0 Å². The predicted molar refractivity (Wildman–Crippen MR) is 79.8 cm³/mol. The molecule has 1 aromatic rings. The summed E-state index contributed by atoms with van der Waals surface area (Å²) in [6.07, 6.45) is 3.46. The molecule has 0 saturated heterocycles. The largest absolute Gasteiger partial charge is 0.396 e. The summed E-state index contributed by atoms with van der Waals surface area (Å²) in [5, 5.41) is 14.6. The Morgan fingerprint density at radius 2 is 2.20 bits per heavy atom. The van der Waals surface area contributed by atoms with Gasteiger partial charge in [-0.15, -0.1) is 0 Å². The predicted octanol–water partition coefficient (Wildman–Crippen LogP) is 2.03. The lowest BCUT2D eigenvalue weighted by Crippen LogP contribution is -2.40. The van der Waals surface area contributed by atoms with Gasteiger partial charge < -0.3 is 15.7 Å². The van der Waals surface area contributed by atoms with Crippen LogP contribution in [-0.2, 0) is 6.42 Å². The van der Waals surface area contributed by atoms with Gasteiger partial charge in [0.2, 0.25) is 0 Å². The van der Waals surface area contributed by atoms with Crippen molar-refractivity contribution in [2.45, 2.75) is 32.1 Å². The van der Waals surface area contributed by atoms with Crippen molar-refractivity contribution < 1.29 is 9.90 Å². The van der Waals surface area contributed by atoms with Crippen molar-refractivity contribution in [3.05, 3.63) is 35.4 Å². The molecule has 0 spiro atoms. The lowest BCUT2D eigenvalue weighted by molar-refractivity contribution is 0.221. The first kappa shape index (κ1) is 14.9. The Morgan fingerprint density at radius 3 is 3.00 bits per heavy atom. The van der Waals surface area contributed by atoms with Crippen LogP contribution >= 0.6 is 0 Å². The fourth-order valence-corrected chi connectivity index (χ4v) is 2.68. The van der Waals surface area contributed by atoms with Crippen molar-refractivity contribution in [3.63, 3.8) is 0 Å². The molecule has 0 fully saturated rings. The zero-order chi connectivity index (χ0) is 14.4. The van der Waals surface area contributed by atoms with Crippen molar-refractivity contribution in [1.82, 2.24) is 10.6 Å². The van der Waals surface area contributed by atoms with Crippen molar-refractivity contribution in [1.29, 1.82) is 0 Å². The third-order valence-electron chi connectivity index (χ3n) is 3.93. The molecule has 0 bridgehead atoms. The molecule has 0 radical (unpaired) electrons. The van der Waals surface area contributed by atoms with Crippen LogP contribution in [0.5, 0.6) is 0 Å². The summed E-state index contributed by atoms with van der Waals surface area (Å²) in [7, 11) is 0. The summed E-state index contributed by atoms with van der Waals surface area (Å²) in [6, 6.07) is 8.36. The highest BCUT2D eigenvalue weighted by Crippen LogP contribution is 2.30. The summed E-state index contributed by atoms with van der Waals surface area (Å²) in [4.78, 5) is 11.7. The van der Waals surface area contributed by atoms with Gasteiger partial charge in [-0.3, -0.25) is 0 Å². The molecular weight excluding hydrogens is 252 g/mol. The van der Waals surface area contributed by atoms with Gasteiger partial charge in [0.15, 0.2) is 0 Å². The molecule has 2 amide bonds. The third-order valence-corrected chi connectivity index (χ3v) is 3.93. The smallest absolute Gasteiger partial charge is 0.314 e. The summed E-state index contributed by atoms with van der Waals surface area (Å²) in [6.45, 7) is 3.17. The number of nitrogens with one attached hydrogen (secondary N) is 2. The molecule has 110 valence electrons. The van der Waals surface area contributed by atoms with Gasteiger partial charge in [0.05, 0.1) is 0 Å². The second kappa shape index (κ2) is 7.29. The average Bonchev–Trinajstić information content (AvgIpc) is 2.50. The Morgan fingerprint density at radius 1 is 1.40 bits per heavy atom. The van der Waals surface area contributed by atoms with Crippen molar-refractivity contribution >= 4 is 6.03 Å². The van der Waals surface area contributed by atoms with Crippen LogP contribution in [0.3, 0.4) is 0 Å². The lowest BCUT2D eigenvalue weighted by atomic mass is 9.83. The number of aliphatic hydroxyl groups excluding tert-OH is 1. The summed E-state index contributed by atoms with van der Waals surface area (Å²) >= 11 is 0. The van der Waals surface area contributed by atoms with E-state index in [2.05, 4.69) is 34.9 Å². The monoisotopic (exact) mass is 276 g/mol. The molecule has 1 aliphatic carbocycles. The summed E-state index contributed by atoms with van der Waals surface area (Å²) in [5.41, 5.74) is 2.79. The molecule has 1 aromatic carbocycles. The van der Waals surface area contributed by atoms with Crippen LogP contribution in [0.1, 0.15) is 36.8 Å². The lowest BCUT2D eigenvalue weighted by Gasteiger charge is -2.25. The number of hydrogen-bond acceptors (Lipinski definition) is 2. The number of carbonyl (C=O) groups excluding carboxylic acids is 1. The van der Waals surface area contributed by atoms with Gasteiger partial charge >= 0.3 is 6.03 Å². The number of hydrogen-bond donors (Lipinski definition) is 3. The van der Waals surface area contributed by atoms with E-state index in [0.717, 1.165) is 12.8 Å². The molecule has 4 heteroatoms. The maximum atomic E-state index is 11.7. The van der Waals surface area contributed by atoms with Crippen molar-refractivity contribution in [2.75, 3.05) is 19.7 Å². The third kappa shape index (κ3) is 3.97. The first-order valence-electron chi connectivity index (χ1n) is 7.41. The van der Waals surface area contributed by atoms with Crippen LogP contribution in [0.4, 0.5) is 4.79 Å². The molecule has 0 aliphatic heterocycles. The van der Waals surface area contributed by atoms with Gasteiger partial charge in [-0.1, -0.05) is 31.2 Å².